The highest BCUT2D eigenvalue weighted by atomic mass is 16.2. The van der Waals surface area contributed by atoms with E-state index in [1.165, 1.54) is 20.3 Å². The van der Waals surface area contributed by atoms with Gasteiger partial charge in [0.15, 0.2) is 0 Å². The first-order valence-electron chi connectivity index (χ1n) is 5.01. The van der Waals surface area contributed by atoms with E-state index in [0.717, 1.165) is 21.4 Å². The second kappa shape index (κ2) is 3.99. The molecule has 18 heavy (non-hydrogen) atoms. The van der Waals surface area contributed by atoms with Crippen molar-refractivity contribution in [2.45, 2.75) is 0 Å². The molecule has 2 rings (SSSR count). The predicted molar refractivity (Wildman–Crippen MR) is 63.1 cm³/mol. The molecule has 0 atom stereocenters. The van der Waals surface area contributed by atoms with Crippen molar-refractivity contribution in [3.63, 3.8) is 0 Å². The van der Waals surface area contributed by atoms with Crippen molar-refractivity contribution >= 4 is 0 Å². The Bertz CT molecular complexity index is 836. The lowest BCUT2D eigenvalue weighted by atomic mass is 10.4. The molecule has 2 aromatic rings. The molecule has 2 heterocycles. The van der Waals surface area contributed by atoms with Gasteiger partial charge in [-0.15, -0.1) is 0 Å². The molecule has 0 aromatic carbocycles. The fourth-order valence-electron chi connectivity index (χ4n) is 1.50. The van der Waals surface area contributed by atoms with Crippen LogP contribution in [0.15, 0.2) is 37.6 Å². The van der Waals surface area contributed by atoms with E-state index in [0.29, 0.717) is 4.57 Å². The summed E-state index contributed by atoms with van der Waals surface area (Å²) < 4.78 is 2.94. The van der Waals surface area contributed by atoms with Crippen molar-refractivity contribution in [3.8, 4) is 5.69 Å². The molecule has 2 aromatic heterocycles. The third-order valence-electron chi connectivity index (χ3n) is 2.48. The van der Waals surface area contributed by atoms with E-state index in [1.54, 1.807) is 0 Å². The van der Waals surface area contributed by atoms with Crippen LogP contribution in [0.1, 0.15) is 0 Å². The number of H-pyrrole nitrogens is 1. The fraction of sp³-hybridized carbons (Fsp3) is 0.200. The number of rotatable bonds is 1. The number of aromatic nitrogens is 4. The van der Waals surface area contributed by atoms with Gasteiger partial charge in [0.25, 0.3) is 11.1 Å². The summed E-state index contributed by atoms with van der Waals surface area (Å²) in [5.74, 6) is 0. The second-order valence-electron chi connectivity index (χ2n) is 3.77. The Morgan fingerprint density at radius 2 is 1.72 bits per heavy atom. The number of hydrogen-bond acceptors (Lipinski definition) is 4. The Morgan fingerprint density at radius 3 is 2.39 bits per heavy atom. The van der Waals surface area contributed by atoms with Gasteiger partial charge in [-0.1, -0.05) is 0 Å². The van der Waals surface area contributed by atoms with Crippen LogP contribution in [0, 0.1) is 0 Å². The highest BCUT2D eigenvalue weighted by Gasteiger charge is 2.10. The predicted octanol–water partition coefficient (Wildman–Crippen LogP) is -2.08. The fourth-order valence-corrected chi connectivity index (χ4v) is 1.50. The molecule has 0 radical (unpaired) electrons. The van der Waals surface area contributed by atoms with Crippen LogP contribution in [-0.4, -0.2) is 18.7 Å². The van der Waals surface area contributed by atoms with Crippen molar-refractivity contribution in [1.29, 1.82) is 0 Å². The first kappa shape index (κ1) is 11.8. The van der Waals surface area contributed by atoms with E-state index >= 15 is 0 Å². The zero-order chi connectivity index (χ0) is 13.4. The summed E-state index contributed by atoms with van der Waals surface area (Å²) in [7, 11) is 2.86. The maximum Gasteiger partial charge on any atom is 0.335 e. The smallest absolute Gasteiger partial charge is 0.303 e. The Kier molecular flexibility index (Phi) is 2.62. The molecule has 0 saturated carbocycles. The van der Waals surface area contributed by atoms with Crippen LogP contribution >= 0.6 is 0 Å². The maximum atomic E-state index is 11.8. The van der Waals surface area contributed by atoms with E-state index in [1.807, 2.05) is 4.98 Å². The minimum atomic E-state index is -0.788. The third-order valence-corrected chi connectivity index (χ3v) is 2.48. The number of aromatic amines is 1. The maximum absolute atomic E-state index is 11.8. The van der Waals surface area contributed by atoms with Crippen molar-refractivity contribution in [1.82, 2.24) is 18.7 Å². The van der Waals surface area contributed by atoms with Crippen LogP contribution in [0.5, 0.6) is 0 Å². The summed E-state index contributed by atoms with van der Waals surface area (Å²) in [5, 5.41) is 0. The Balaban J connectivity index is 2.95. The Hall–Kier alpha value is -2.64. The van der Waals surface area contributed by atoms with E-state index in [9.17, 15) is 19.2 Å². The molecule has 0 unspecified atom stereocenters. The molecule has 0 fully saturated rings. The van der Waals surface area contributed by atoms with Crippen LogP contribution in [0.25, 0.3) is 5.69 Å². The highest BCUT2D eigenvalue weighted by Crippen LogP contribution is 1.89. The zero-order valence-corrected chi connectivity index (χ0v) is 9.71. The summed E-state index contributed by atoms with van der Waals surface area (Å²) in [4.78, 5) is 48.3. The van der Waals surface area contributed by atoms with Gasteiger partial charge in [-0.05, 0) is 0 Å². The van der Waals surface area contributed by atoms with Gasteiger partial charge in [0.05, 0.1) is 0 Å². The minimum Gasteiger partial charge on any atom is -0.303 e. The van der Waals surface area contributed by atoms with Gasteiger partial charge in [0.2, 0.25) is 0 Å². The number of nitrogens with one attached hydrogen (secondary N) is 1. The van der Waals surface area contributed by atoms with E-state index in [4.69, 9.17) is 0 Å². The lowest BCUT2D eigenvalue weighted by Gasteiger charge is -2.06. The van der Waals surface area contributed by atoms with Crippen LogP contribution in [-0.2, 0) is 14.1 Å². The zero-order valence-electron chi connectivity index (χ0n) is 9.71. The van der Waals surface area contributed by atoms with Gasteiger partial charge in [-0.2, -0.15) is 0 Å². The number of nitrogens with zero attached hydrogens (tertiary/aromatic N) is 3. The average molecular weight is 250 g/mol. The third kappa shape index (κ3) is 1.73. The van der Waals surface area contributed by atoms with E-state index in [2.05, 4.69) is 0 Å². The molecule has 0 aliphatic carbocycles. The van der Waals surface area contributed by atoms with Gasteiger partial charge in [-0.25, -0.2) is 14.2 Å². The van der Waals surface area contributed by atoms with E-state index < -0.39 is 22.5 Å². The molecule has 8 heteroatoms. The standard InChI is InChI=1S/C10H10N4O4/c1-12-4-3-7(15)14(10(12)18)6-5-13(2)9(17)11-8(6)16/h3-5H,1-2H3,(H,11,16,17). The molecule has 1 N–H and O–H groups in total. The van der Waals surface area contributed by atoms with Gasteiger partial charge in [0, 0.05) is 32.6 Å². The summed E-state index contributed by atoms with van der Waals surface area (Å²) in [5.41, 5.74) is -2.90. The molecular formula is C10H10N4O4. The molecule has 0 bridgehead atoms. The summed E-state index contributed by atoms with van der Waals surface area (Å²) in [6.45, 7) is 0. The summed E-state index contributed by atoms with van der Waals surface area (Å²) >= 11 is 0. The van der Waals surface area contributed by atoms with Crippen LogP contribution < -0.4 is 22.5 Å². The van der Waals surface area contributed by atoms with Gasteiger partial charge >= 0.3 is 11.4 Å². The second-order valence-corrected chi connectivity index (χ2v) is 3.77. The average Bonchev–Trinajstić information content (AvgIpc) is 2.31. The normalized spacial score (nSPS) is 10.6. The lowest BCUT2D eigenvalue weighted by Crippen LogP contribution is -2.41. The largest absolute Gasteiger partial charge is 0.335 e. The van der Waals surface area contributed by atoms with Crippen molar-refractivity contribution in [3.05, 3.63) is 60.1 Å². The van der Waals surface area contributed by atoms with Crippen molar-refractivity contribution in [2.24, 2.45) is 14.1 Å². The Morgan fingerprint density at radius 1 is 1.06 bits per heavy atom. The molecule has 94 valence electrons. The molecule has 0 spiro atoms. The molecule has 0 amide bonds. The first-order valence-corrected chi connectivity index (χ1v) is 5.01. The Labute approximate surface area is 99.4 Å². The quantitative estimate of drug-likeness (QED) is 0.628. The van der Waals surface area contributed by atoms with E-state index in [-0.39, 0.29) is 5.69 Å². The summed E-state index contributed by atoms with van der Waals surface area (Å²) in [6.07, 6.45) is 2.45. The molecule has 0 saturated heterocycles. The van der Waals surface area contributed by atoms with Crippen LogP contribution in [0.2, 0.25) is 0 Å². The number of aryl methyl sites for hydroxylation is 2. The lowest BCUT2D eigenvalue weighted by molar-refractivity contribution is 0.712. The van der Waals surface area contributed by atoms with Gasteiger partial charge in [0.1, 0.15) is 5.69 Å². The van der Waals surface area contributed by atoms with Crippen molar-refractivity contribution < 1.29 is 0 Å². The summed E-state index contributed by atoms with van der Waals surface area (Å²) in [6, 6.07) is 1.16. The van der Waals surface area contributed by atoms with Crippen LogP contribution in [0.3, 0.4) is 0 Å². The molecule has 0 aliphatic heterocycles. The number of hydrogen-bond donors (Lipinski definition) is 1. The minimum absolute atomic E-state index is 0.191. The molecule has 0 aliphatic rings. The molecular weight excluding hydrogens is 240 g/mol. The monoisotopic (exact) mass is 250 g/mol. The van der Waals surface area contributed by atoms with Gasteiger partial charge in [-0.3, -0.25) is 14.6 Å². The van der Waals surface area contributed by atoms with Gasteiger partial charge < -0.3 is 9.13 Å². The first-order chi connectivity index (χ1) is 8.41. The SMILES string of the molecule is Cn1cc(-n2c(=O)ccn(C)c2=O)c(=O)[nH]c1=O. The van der Waals surface area contributed by atoms with Crippen molar-refractivity contribution in [2.75, 3.05) is 0 Å². The topological polar surface area (TPSA) is 98.9 Å². The van der Waals surface area contributed by atoms with Crippen LogP contribution in [0.4, 0.5) is 0 Å². The highest BCUT2D eigenvalue weighted by molar-refractivity contribution is 5.24. The molecule has 8 nitrogen and oxygen atoms in total.